The van der Waals surface area contributed by atoms with E-state index in [2.05, 4.69) is 0 Å². The molecule has 0 unspecified atom stereocenters. The average Bonchev–Trinajstić information content (AvgIpc) is 2.43. The van der Waals surface area contributed by atoms with E-state index in [-0.39, 0.29) is 12.3 Å². The molecule has 1 saturated heterocycles. The van der Waals surface area contributed by atoms with Crippen LogP contribution in [-0.4, -0.2) is 34.5 Å². The predicted octanol–water partition coefficient (Wildman–Crippen LogP) is 3.00. The molecule has 4 nitrogen and oxygen atoms in total. The SMILES string of the molecule is O=C(O)[C@@H]1CCCCN1C(=O)Cc1c(Cl)cccc1Cl. The van der Waals surface area contributed by atoms with Crippen LogP contribution in [0.25, 0.3) is 0 Å². The molecular weight excluding hydrogens is 301 g/mol. The Kier molecular flexibility index (Phi) is 4.89. The fourth-order valence-corrected chi connectivity index (χ4v) is 2.97. The summed E-state index contributed by atoms with van der Waals surface area (Å²) in [7, 11) is 0. The number of carbonyl (C=O) groups excluding carboxylic acids is 1. The monoisotopic (exact) mass is 315 g/mol. The lowest BCUT2D eigenvalue weighted by atomic mass is 10.0. The number of aliphatic carboxylic acids is 1. The van der Waals surface area contributed by atoms with Crippen molar-refractivity contribution in [1.29, 1.82) is 0 Å². The molecule has 0 bridgehead atoms. The second kappa shape index (κ2) is 6.46. The molecule has 1 aromatic rings. The van der Waals surface area contributed by atoms with E-state index in [9.17, 15) is 14.7 Å². The summed E-state index contributed by atoms with van der Waals surface area (Å²) in [6.45, 7) is 0.470. The predicted molar refractivity (Wildman–Crippen MR) is 77.2 cm³/mol. The molecule has 1 heterocycles. The molecule has 0 aromatic heterocycles. The van der Waals surface area contributed by atoms with Crippen molar-refractivity contribution in [3.05, 3.63) is 33.8 Å². The number of halogens is 2. The molecule has 6 heteroatoms. The van der Waals surface area contributed by atoms with Crippen LogP contribution in [0.4, 0.5) is 0 Å². The van der Waals surface area contributed by atoms with Gasteiger partial charge in [-0.2, -0.15) is 0 Å². The normalized spacial score (nSPS) is 18.9. The molecule has 1 aliphatic heterocycles. The zero-order valence-corrected chi connectivity index (χ0v) is 12.3. The lowest BCUT2D eigenvalue weighted by molar-refractivity contribution is -0.151. The molecule has 0 aliphatic carbocycles. The fraction of sp³-hybridized carbons (Fsp3) is 0.429. The summed E-state index contributed by atoms with van der Waals surface area (Å²) in [5.74, 6) is -1.20. The van der Waals surface area contributed by atoms with Gasteiger partial charge in [-0.05, 0) is 37.0 Å². The molecular formula is C14H15Cl2NO3. The van der Waals surface area contributed by atoms with E-state index in [1.807, 2.05) is 0 Å². The molecule has 1 amide bonds. The van der Waals surface area contributed by atoms with Crippen molar-refractivity contribution < 1.29 is 14.7 Å². The van der Waals surface area contributed by atoms with Crippen LogP contribution in [0.15, 0.2) is 18.2 Å². The van der Waals surface area contributed by atoms with Crippen LogP contribution in [0, 0.1) is 0 Å². The third-order valence-corrected chi connectivity index (χ3v) is 4.21. The van der Waals surface area contributed by atoms with E-state index < -0.39 is 12.0 Å². The summed E-state index contributed by atoms with van der Waals surface area (Å²) >= 11 is 12.1. The zero-order valence-electron chi connectivity index (χ0n) is 10.8. The lowest BCUT2D eigenvalue weighted by Crippen LogP contribution is -2.48. The number of carbonyl (C=O) groups is 2. The topological polar surface area (TPSA) is 57.6 Å². The van der Waals surface area contributed by atoms with Crippen LogP contribution in [0.5, 0.6) is 0 Å². The lowest BCUT2D eigenvalue weighted by Gasteiger charge is -2.33. The quantitative estimate of drug-likeness (QED) is 0.932. The van der Waals surface area contributed by atoms with Gasteiger partial charge in [0.25, 0.3) is 0 Å². The Bertz CT molecular complexity index is 513. The van der Waals surface area contributed by atoms with Gasteiger partial charge in [0, 0.05) is 16.6 Å². The van der Waals surface area contributed by atoms with Gasteiger partial charge in [0.15, 0.2) is 0 Å². The van der Waals surface area contributed by atoms with Crippen LogP contribution >= 0.6 is 23.2 Å². The second-order valence-corrected chi connectivity index (χ2v) is 5.63. The van der Waals surface area contributed by atoms with Crippen LogP contribution in [0.3, 0.4) is 0 Å². The van der Waals surface area contributed by atoms with Crippen molar-refractivity contribution >= 4 is 35.1 Å². The molecule has 1 aromatic carbocycles. The van der Waals surface area contributed by atoms with Crippen LogP contribution in [0.1, 0.15) is 24.8 Å². The van der Waals surface area contributed by atoms with Gasteiger partial charge >= 0.3 is 5.97 Å². The molecule has 1 aliphatic rings. The Hall–Kier alpha value is -1.26. The fourth-order valence-electron chi connectivity index (χ4n) is 2.44. The Labute approximate surface area is 127 Å². The van der Waals surface area contributed by atoms with Crippen LogP contribution in [0.2, 0.25) is 10.0 Å². The molecule has 108 valence electrons. The summed E-state index contributed by atoms with van der Waals surface area (Å²) in [5, 5.41) is 10.0. The van der Waals surface area contributed by atoms with E-state index >= 15 is 0 Å². The van der Waals surface area contributed by atoms with E-state index in [0.717, 1.165) is 12.8 Å². The number of amides is 1. The molecule has 1 fully saturated rings. The number of carboxylic acids is 1. The van der Waals surface area contributed by atoms with Gasteiger partial charge in [-0.25, -0.2) is 4.79 Å². The van der Waals surface area contributed by atoms with Gasteiger partial charge in [-0.3, -0.25) is 4.79 Å². The number of nitrogens with zero attached hydrogens (tertiary/aromatic N) is 1. The summed E-state index contributed by atoms with van der Waals surface area (Å²) in [6.07, 6.45) is 2.18. The summed E-state index contributed by atoms with van der Waals surface area (Å²) in [4.78, 5) is 25.0. The van der Waals surface area contributed by atoms with Crippen molar-refractivity contribution in [3.8, 4) is 0 Å². The zero-order chi connectivity index (χ0) is 14.7. The van der Waals surface area contributed by atoms with Crippen molar-refractivity contribution in [2.24, 2.45) is 0 Å². The van der Waals surface area contributed by atoms with Gasteiger partial charge in [0.2, 0.25) is 5.91 Å². The minimum Gasteiger partial charge on any atom is -0.480 e. The average molecular weight is 316 g/mol. The molecule has 1 N–H and O–H groups in total. The molecule has 0 spiro atoms. The third-order valence-electron chi connectivity index (χ3n) is 3.50. The van der Waals surface area contributed by atoms with E-state index in [1.165, 1.54) is 4.90 Å². The first kappa shape index (κ1) is 15.1. The first-order valence-electron chi connectivity index (χ1n) is 6.46. The molecule has 2 rings (SSSR count). The molecule has 0 radical (unpaired) electrons. The second-order valence-electron chi connectivity index (χ2n) is 4.81. The standard InChI is InChI=1S/C14H15Cl2NO3/c15-10-4-3-5-11(16)9(10)8-13(18)17-7-2-1-6-12(17)14(19)20/h3-5,12H,1-2,6-8H2,(H,19,20)/t12-/m0/s1. The molecule has 1 atom stereocenters. The van der Waals surface area contributed by atoms with Crippen molar-refractivity contribution in [2.75, 3.05) is 6.54 Å². The van der Waals surface area contributed by atoms with Gasteiger partial charge in [0.05, 0.1) is 6.42 Å². The van der Waals surface area contributed by atoms with Crippen molar-refractivity contribution in [1.82, 2.24) is 4.90 Å². The largest absolute Gasteiger partial charge is 0.480 e. The van der Waals surface area contributed by atoms with Crippen LogP contribution < -0.4 is 0 Å². The number of piperidine rings is 1. The maximum Gasteiger partial charge on any atom is 0.326 e. The minimum atomic E-state index is -0.955. The van der Waals surface area contributed by atoms with Crippen LogP contribution in [-0.2, 0) is 16.0 Å². The Morgan fingerprint density at radius 1 is 1.25 bits per heavy atom. The van der Waals surface area contributed by atoms with E-state index in [1.54, 1.807) is 18.2 Å². The number of carboxylic acid groups (broad SMARTS) is 1. The minimum absolute atomic E-state index is 0.0300. The van der Waals surface area contributed by atoms with Crippen molar-refractivity contribution in [2.45, 2.75) is 31.7 Å². The Morgan fingerprint density at radius 2 is 1.90 bits per heavy atom. The van der Waals surface area contributed by atoms with Gasteiger partial charge < -0.3 is 10.0 Å². The Morgan fingerprint density at radius 3 is 2.50 bits per heavy atom. The number of hydrogen-bond donors (Lipinski definition) is 1. The highest BCUT2D eigenvalue weighted by atomic mass is 35.5. The Balaban J connectivity index is 2.16. The highest BCUT2D eigenvalue weighted by Gasteiger charge is 2.32. The summed E-state index contributed by atoms with van der Waals surface area (Å²) in [6, 6.07) is 4.30. The van der Waals surface area contributed by atoms with E-state index in [0.29, 0.717) is 28.6 Å². The summed E-state index contributed by atoms with van der Waals surface area (Å²) in [5.41, 5.74) is 0.551. The van der Waals surface area contributed by atoms with Crippen molar-refractivity contribution in [3.63, 3.8) is 0 Å². The number of hydrogen-bond acceptors (Lipinski definition) is 2. The first-order chi connectivity index (χ1) is 9.50. The smallest absolute Gasteiger partial charge is 0.326 e. The maximum atomic E-state index is 12.3. The highest BCUT2D eigenvalue weighted by molar-refractivity contribution is 6.36. The number of rotatable bonds is 3. The maximum absolute atomic E-state index is 12.3. The molecule has 20 heavy (non-hydrogen) atoms. The molecule has 0 saturated carbocycles. The highest BCUT2D eigenvalue weighted by Crippen LogP contribution is 2.26. The third kappa shape index (κ3) is 3.25. The van der Waals surface area contributed by atoms with E-state index in [4.69, 9.17) is 23.2 Å². The summed E-state index contributed by atoms with van der Waals surface area (Å²) < 4.78 is 0. The number of benzene rings is 1. The first-order valence-corrected chi connectivity index (χ1v) is 7.21. The van der Waals surface area contributed by atoms with Gasteiger partial charge in [-0.1, -0.05) is 29.3 Å². The van der Waals surface area contributed by atoms with Gasteiger partial charge in [0.1, 0.15) is 6.04 Å². The number of likely N-dealkylation sites (tertiary alicyclic amines) is 1. The van der Waals surface area contributed by atoms with Gasteiger partial charge in [-0.15, -0.1) is 0 Å².